The molecule has 3 aromatic carbocycles. The molecule has 2 aliphatic heterocycles. The molecule has 1 aliphatic carbocycles. The third-order valence-corrected chi connectivity index (χ3v) is 11.2. The Labute approximate surface area is 291 Å². The van der Waals surface area contributed by atoms with Gasteiger partial charge in [-0.25, -0.2) is 13.2 Å². The number of benzene rings is 3. The van der Waals surface area contributed by atoms with E-state index in [2.05, 4.69) is 15.6 Å². The average molecular weight is 727 g/mol. The first kappa shape index (κ1) is 37.1. The number of carbonyl (C=O) groups excluding carboxylic acids is 2. The highest BCUT2D eigenvalue weighted by Gasteiger charge is 2.39. The van der Waals surface area contributed by atoms with Crippen molar-refractivity contribution in [3.8, 4) is 0 Å². The van der Waals surface area contributed by atoms with E-state index < -0.39 is 33.3 Å². The number of amides is 2. The SMILES string of the molecule is Cc1cc2cc(C)c1CCCC(=O)Nc1ccc(S(=O)(=O)C3CC3)c(c1)CN(C)C(=O)C2Nc1ccc2cc[nH]c(=O)c2c1.O=C(O)C(F)(F)F. The fraction of sp³-hybridized carbons (Fsp3) is 0.333. The zero-order chi connectivity index (χ0) is 37.2. The molecule has 51 heavy (non-hydrogen) atoms. The molecule has 1 aromatic heterocycles. The van der Waals surface area contributed by atoms with Crippen molar-refractivity contribution in [2.45, 2.75) is 74.9 Å². The fourth-order valence-corrected chi connectivity index (χ4v) is 8.00. The average Bonchev–Trinajstić information content (AvgIpc) is 3.91. The van der Waals surface area contributed by atoms with Crippen molar-refractivity contribution in [3.05, 3.63) is 99.0 Å². The topological polar surface area (TPSA) is 166 Å². The van der Waals surface area contributed by atoms with Crippen LogP contribution < -0.4 is 16.2 Å². The van der Waals surface area contributed by atoms with Crippen LogP contribution in [0.4, 0.5) is 24.5 Å². The van der Waals surface area contributed by atoms with Crippen molar-refractivity contribution < 1.29 is 41.1 Å². The summed E-state index contributed by atoms with van der Waals surface area (Å²) in [6, 6.07) is 15.3. The van der Waals surface area contributed by atoms with Gasteiger partial charge in [-0.1, -0.05) is 18.2 Å². The van der Waals surface area contributed by atoms with Crippen LogP contribution in [-0.4, -0.2) is 59.7 Å². The maximum atomic E-state index is 14.3. The molecule has 0 radical (unpaired) electrons. The highest BCUT2D eigenvalue weighted by Crippen LogP contribution is 2.37. The molecule has 11 nitrogen and oxygen atoms in total. The predicted molar refractivity (Wildman–Crippen MR) is 185 cm³/mol. The van der Waals surface area contributed by atoms with Crippen molar-refractivity contribution >= 4 is 49.8 Å². The van der Waals surface area contributed by atoms with Crippen molar-refractivity contribution in [2.24, 2.45) is 0 Å². The largest absolute Gasteiger partial charge is 0.490 e. The van der Waals surface area contributed by atoms with E-state index in [0.29, 0.717) is 54.4 Å². The van der Waals surface area contributed by atoms with Crippen LogP contribution >= 0.6 is 0 Å². The van der Waals surface area contributed by atoms with E-state index in [1.54, 1.807) is 37.5 Å². The van der Waals surface area contributed by atoms with Crippen LogP contribution in [0.1, 0.15) is 59.5 Å². The fourth-order valence-electron chi connectivity index (χ4n) is 6.13. The molecule has 1 fully saturated rings. The van der Waals surface area contributed by atoms with Crippen molar-refractivity contribution in [3.63, 3.8) is 0 Å². The molecule has 2 amide bonds. The lowest BCUT2D eigenvalue weighted by molar-refractivity contribution is -0.192. The van der Waals surface area contributed by atoms with Crippen LogP contribution in [0.2, 0.25) is 0 Å². The zero-order valence-corrected chi connectivity index (χ0v) is 28.9. The number of alkyl halides is 3. The number of aromatic amines is 1. The van der Waals surface area contributed by atoms with Crippen molar-refractivity contribution in [2.75, 3.05) is 17.7 Å². The molecule has 1 saturated carbocycles. The van der Waals surface area contributed by atoms with E-state index in [-0.39, 0.29) is 28.8 Å². The van der Waals surface area contributed by atoms with Crippen LogP contribution in [0.3, 0.4) is 0 Å². The minimum Gasteiger partial charge on any atom is -0.475 e. The zero-order valence-electron chi connectivity index (χ0n) is 28.1. The first-order valence-corrected chi connectivity index (χ1v) is 17.7. The summed E-state index contributed by atoms with van der Waals surface area (Å²) in [6.45, 7) is 4.04. The van der Waals surface area contributed by atoms with Gasteiger partial charge < -0.3 is 25.6 Å². The standard InChI is InChI=1S/C34H36N4O5S.C2HF3O2/c1-20-15-23-16-21(2)28(20)5-4-6-31(39)36-25-9-12-30(44(42,43)27-10-11-27)24(17-25)19-38(3)34(41)32(23)37-26-8-7-22-13-14-35-33(40)29(22)18-26;3-2(4,5)1(6)7/h7-9,12-18,27,32,37H,4-6,10-11,19H2,1-3H3,(H,35,40)(H,36,39);(H,6,7). The maximum Gasteiger partial charge on any atom is 0.490 e. The van der Waals surface area contributed by atoms with E-state index >= 15 is 0 Å². The van der Waals surface area contributed by atoms with E-state index in [1.807, 2.05) is 44.2 Å². The molecule has 270 valence electrons. The summed E-state index contributed by atoms with van der Waals surface area (Å²) in [7, 11) is -1.92. The number of rotatable bonds is 4. The van der Waals surface area contributed by atoms with E-state index in [1.165, 1.54) is 4.90 Å². The van der Waals surface area contributed by atoms with Crippen LogP contribution in [0.15, 0.2) is 70.5 Å². The Balaban J connectivity index is 0.000000654. The predicted octanol–water partition coefficient (Wildman–Crippen LogP) is 5.80. The Morgan fingerprint density at radius 1 is 0.961 bits per heavy atom. The summed E-state index contributed by atoms with van der Waals surface area (Å²) < 4.78 is 58.5. The first-order chi connectivity index (χ1) is 23.9. The molecule has 1 atom stereocenters. The van der Waals surface area contributed by atoms with Gasteiger partial charge in [-0.2, -0.15) is 13.2 Å². The smallest absolute Gasteiger partial charge is 0.475 e. The number of carbonyl (C=O) groups is 3. The van der Waals surface area contributed by atoms with Gasteiger partial charge in [-0.05, 0) is 109 Å². The number of sulfone groups is 1. The molecule has 4 bridgehead atoms. The highest BCUT2D eigenvalue weighted by molar-refractivity contribution is 7.92. The minimum atomic E-state index is -5.08. The number of pyridine rings is 1. The second-order valence-corrected chi connectivity index (χ2v) is 15.0. The van der Waals surface area contributed by atoms with Crippen LogP contribution in [0, 0.1) is 13.8 Å². The summed E-state index contributed by atoms with van der Waals surface area (Å²) in [4.78, 5) is 53.0. The van der Waals surface area contributed by atoms with Gasteiger partial charge >= 0.3 is 12.1 Å². The van der Waals surface area contributed by atoms with Gasteiger partial charge in [0.2, 0.25) is 11.8 Å². The number of nitrogens with one attached hydrogen (secondary N) is 3. The van der Waals surface area contributed by atoms with Gasteiger partial charge in [0.1, 0.15) is 6.04 Å². The number of aromatic nitrogens is 1. The molecule has 3 heterocycles. The van der Waals surface area contributed by atoms with Crippen LogP contribution in [-0.2, 0) is 37.2 Å². The Bertz CT molecular complexity index is 2160. The Hall–Kier alpha value is -5.18. The molecule has 4 aromatic rings. The second-order valence-electron chi connectivity index (χ2n) is 12.8. The van der Waals surface area contributed by atoms with Crippen molar-refractivity contribution in [1.82, 2.24) is 9.88 Å². The number of likely N-dealkylation sites (N-methyl/N-ethyl adjacent to an activating group) is 1. The Morgan fingerprint density at radius 2 is 1.63 bits per heavy atom. The van der Waals surface area contributed by atoms with Crippen LogP contribution in [0.25, 0.3) is 10.8 Å². The number of aryl methyl sites for hydroxylation is 2. The van der Waals surface area contributed by atoms with E-state index in [0.717, 1.165) is 27.6 Å². The lowest BCUT2D eigenvalue weighted by atomic mass is 9.92. The highest BCUT2D eigenvalue weighted by atomic mass is 32.2. The lowest BCUT2D eigenvalue weighted by Crippen LogP contribution is -2.35. The normalized spacial score (nSPS) is 17.1. The minimum absolute atomic E-state index is 0.0233. The lowest BCUT2D eigenvalue weighted by Gasteiger charge is -2.28. The summed E-state index contributed by atoms with van der Waals surface area (Å²) in [5.41, 5.74) is 5.28. The van der Waals surface area contributed by atoms with Gasteiger partial charge in [0, 0.05) is 43.0 Å². The molecule has 4 N–H and O–H groups in total. The molecule has 3 aliphatic rings. The number of H-pyrrole nitrogens is 1. The number of carboxylic acid groups (broad SMARTS) is 1. The Kier molecular flexibility index (Phi) is 10.6. The summed E-state index contributed by atoms with van der Waals surface area (Å²) in [5, 5.41) is 14.3. The van der Waals surface area contributed by atoms with Gasteiger partial charge in [-0.15, -0.1) is 0 Å². The number of nitrogens with zero attached hydrogens (tertiary/aromatic N) is 1. The summed E-state index contributed by atoms with van der Waals surface area (Å²) >= 11 is 0. The molecular weight excluding hydrogens is 689 g/mol. The second kappa shape index (κ2) is 14.6. The molecular formula is C36H37F3N4O7S. The number of hydrogen-bond donors (Lipinski definition) is 4. The van der Waals surface area contributed by atoms with Crippen LogP contribution in [0.5, 0.6) is 0 Å². The monoisotopic (exact) mass is 726 g/mol. The first-order valence-electron chi connectivity index (χ1n) is 16.2. The molecule has 15 heteroatoms. The molecule has 7 rings (SSSR count). The van der Waals surface area contributed by atoms with E-state index in [4.69, 9.17) is 9.90 Å². The number of fused-ring (bicyclic) bond motifs is 10. The number of carboxylic acids is 1. The summed E-state index contributed by atoms with van der Waals surface area (Å²) in [6.07, 6.45) is -0.586. The number of hydrogen-bond acceptors (Lipinski definition) is 7. The maximum absolute atomic E-state index is 14.3. The molecule has 0 spiro atoms. The van der Waals surface area contributed by atoms with E-state index in [9.17, 15) is 36.0 Å². The summed E-state index contributed by atoms with van der Waals surface area (Å²) in [5.74, 6) is -3.17. The van der Waals surface area contributed by atoms with Gasteiger partial charge in [0.05, 0.1) is 10.1 Å². The Morgan fingerprint density at radius 3 is 2.25 bits per heavy atom. The number of halogens is 3. The molecule has 0 saturated heterocycles. The third kappa shape index (κ3) is 8.59. The van der Waals surface area contributed by atoms with Gasteiger partial charge in [-0.3, -0.25) is 14.4 Å². The third-order valence-electron chi connectivity index (χ3n) is 8.86. The van der Waals surface area contributed by atoms with Gasteiger partial charge in [0.25, 0.3) is 5.56 Å². The number of aliphatic carboxylic acids is 1. The molecule has 1 unspecified atom stereocenters. The van der Waals surface area contributed by atoms with Crippen molar-refractivity contribution in [1.29, 1.82) is 0 Å². The quantitative estimate of drug-likeness (QED) is 0.205. The number of anilines is 2. The van der Waals surface area contributed by atoms with Gasteiger partial charge in [0.15, 0.2) is 9.84 Å².